The van der Waals surface area contributed by atoms with Gasteiger partial charge in [-0.3, -0.25) is 19.9 Å². The number of pyridine rings is 4. The van der Waals surface area contributed by atoms with Crippen molar-refractivity contribution in [1.29, 1.82) is 0 Å². The molecule has 0 saturated heterocycles. The number of nitrogens with zero attached hydrogens (tertiary/aromatic N) is 8. The second-order valence-electron chi connectivity index (χ2n) is 32.4. The number of hydrogen-bond donors (Lipinski definition) is 1. The lowest BCUT2D eigenvalue weighted by Gasteiger charge is -2.25. The van der Waals surface area contributed by atoms with E-state index in [9.17, 15) is 0 Å². The number of rotatable bonds is 0. The first-order chi connectivity index (χ1) is 63.2. The zero-order valence-corrected chi connectivity index (χ0v) is 79.3. The maximum absolute atomic E-state index is 5.50. The smallest absolute Gasteiger partial charge is 0.122 e. The molecule has 1 atom stereocenters. The van der Waals surface area contributed by atoms with Gasteiger partial charge in [-0.2, -0.15) is 0 Å². The van der Waals surface area contributed by atoms with E-state index in [0.717, 1.165) is 67.4 Å². The van der Waals surface area contributed by atoms with E-state index in [1.807, 2.05) is 144 Å². The second-order valence-corrected chi connectivity index (χ2v) is 34.9. The lowest BCUT2D eigenvalue weighted by molar-refractivity contribution is 0.0410. The van der Waals surface area contributed by atoms with E-state index >= 15 is 0 Å². The van der Waals surface area contributed by atoms with Crippen LogP contribution in [0.1, 0.15) is 98.4 Å². The topological polar surface area (TPSA) is 116 Å². The quantitative estimate of drug-likeness (QED) is 0.161. The normalized spacial score (nSPS) is 12.8. The monoisotopic (exact) mass is 1750 g/mol. The molecule has 0 bridgehead atoms. The third-order valence-electron chi connectivity index (χ3n) is 21.0. The lowest BCUT2D eigenvalue weighted by Crippen LogP contribution is -2.19. The van der Waals surface area contributed by atoms with Gasteiger partial charge in [0.15, 0.2) is 0 Å². The molecule has 12 nitrogen and oxygen atoms in total. The molecule has 24 rings (SSSR count). The first-order valence-electron chi connectivity index (χ1n) is 44.3. The SMILES string of the molecule is CC1=CCN2C=CC=CC2=C1.CC1=Nc2ccccc2C1.CC1Cc2ccccc2CO1.Cc1cc2ccccc2cn1.Cc1cc2ccccc2s1.Cc1cc2ccccn2c1.Cc1cc[nH]c1.Cc1ccc2c(c1)OCCC2.Cc1ccc2ccccc2n1.Cc1cccnc1.Cc1cccs1.Cc1ccoc1.Cn1cc2ccccc2c1.Cn1ccc2ccccc21. The molecule has 19 aromatic rings. The molecule has 0 saturated carbocycles. The number of hydrogen-bond acceptors (Lipinski definition) is 10. The molecule has 1 unspecified atom stereocenters. The Labute approximate surface area is 777 Å². The Bertz CT molecular complexity index is 6300. The highest BCUT2D eigenvalue weighted by Crippen LogP contribution is 2.29. The standard InChI is InChI=1S/C10H11N.2C10H9N.2C10H12O.4C9H9N.C9H8S.C6H7N.C5H7N.C5H6O.C5H6S/c1-9-5-7-11-6-3-2-4-10(11)8-9;1-8-6-9-4-2-3-5-10(9)7-11-8;1-8-6-7-9-4-2-3-5-10(9)11-8;1-8-4-5-9-3-2-6-11-10(9)7-8;1-8-6-9-4-2-3-5-10(9)7-11-8;1-10-6-8-4-2-3-5-9(8)7-10;1-8-6-9-4-2-3-5-10(9)7-8;1-10-7-6-8-4-2-3-5-9(8)10;2*1-7-6-8-4-2-3-5-9(8)10-7;1-6-3-2-4-7-5-6;2*1-5-2-3-6-4-5;1-5-3-2-4-6-5/h2-6,8H,7H2,1H3;2*2-7H,1H3;4-5,7H,2-3,6H2,1H3;2-5,8H,6-7H2,1H3;3*2-7H,1H3;2-5H,6H2,1H3;2-6H,1H3;2-5H,1H3;2-4,6H,1H3;2*2-4H,1H3. The minimum atomic E-state index is 0.393. The first-order valence-corrected chi connectivity index (χ1v) is 46.0. The van der Waals surface area contributed by atoms with Gasteiger partial charge in [0, 0.05) is 154 Å². The summed E-state index contributed by atoms with van der Waals surface area (Å²) in [6, 6.07) is 95.7. The average Bonchev–Trinajstić information content (AvgIpc) is 1.84. The van der Waals surface area contributed by atoms with E-state index in [-0.39, 0.29) is 0 Å². The van der Waals surface area contributed by atoms with Crippen molar-refractivity contribution < 1.29 is 13.9 Å². The van der Waals surface area contributed by atoms with Crippen molar-refractivity contribution in [2.75, 3.05) is 13.2 Å². The van der Waals surface area contributed by atoms with Gasteiger partial charge in [-0.05, 0) is 300 Å². The van der Waals surface area contributed by atoms with Crippen LogP contribution < -0.4 is 4.74 Å². The van der Waals surface area contributed by atoms with Crippen LogP contribution in [0.25, 0.3) is 59.0 Å². The number of allylic oxidation sites excluding steroid dienone is 5. The number of H-pyrrole nitrogens is 1. The van der Waals surface area contributed by atoms with Crippen molar-refractivity contribution in [3.8, 4) is 5.75 Å². The van der Waals surface area contributed by atoms with Crippen LogP contribution in [0.2, 0.25) is 0 Å². The molecule has 5 aliphatic rings. The highest BCUT2D eigenvalue weighted by Gasteiger charge is 2.15. The molecule has 662 valence electrons. The Morgan fingerprint density at radius 2 is 1.22 bits per heavy atom. The molecule has 16 heterocycles. The van der Waals surface area contributed by atoms with Crippen LogP contribution in [0.5, 0.6) is 5.75 Å². The maximum Gasteiger partial charge on any atom is 0.122 e. The number of aromatic nitrogens is 7. The summed E-state index contributed by atoms with van der Waals surface area (Å²) < 4.78 is 23.4. The number of fused-ring (bicyclic) bond motifs is 10. The predicted molar refractivity (Wildman–Crippen MR) is 554 cm³/mol. The van der Waals surface area contributed by atoms with Gasteiger partial charge >= 0.3 is 0 Å². The zero-order valence-electron chi connectivity index (χ0n) is 77.7. The fraction of sp³-hybridized carbons (Fsp3) is 0.190. The third kappa shape index (κ3) is 32.7. The highest BCUT2D eigenvalue weighted by molar-refractivity contribution is 7.19. The van der Waals surface area contributed by atoms with Crippen LogP contribution in [0, 0.1) is 62.3 Å². The summed E-state index contributed by atoms with van der Waals surface area (Å²) in [4.78, 5) is 24.8. The molecular weight excluding hydrogens is 1630 g/mol. The summed E-state index contributed by atoms with van der Waals surface area (Å²) in [5.74, 6) is 1.09. The molecule has 0 fully saturated rings. The summed E-state index contributed by atoms with van der Waals surface area (Å²) >= 11 is 3.63. The Hall–Kier alpha value is -14.0. The summed E-state index contributed by atoms with van der Waals surface area (Å²) in [6.07, 6.45) is 40.9. The molecule has 1 N–H and O–H groups in total. The van der Waals surface area contributed by atoms with Crippen molar-refractivity contribution in [2.24, 2.45) is 19.1 Å². The number of para-hydroxylation sites is 3. The Balaban J connectivity index is 0.000000136. The maximum atomic E-state index is 5.50. The molecule has 5 aliphatic heterocycles. The molecule has 0 amide bonds. The Morgan fingerprint density at radius 3 is 1.87 bits per heavy atom. The number of benzene rings is 8. The average molecular weight is 1760 g/mol. The fourth-order valence-corrected chi connectivity index (χ4v) is 15.7. The van der Waals surface area contributed by atoms with Crippen molar-refractivity contribution in [2.45, 2.75) is 121 Å². The number of thiophene rings is 2. The Kier molecular flexibility index (Phi) is 38.4. The minimum absolute atomic E-state index is 0.393. The van der Waals surface area contributed by atoms with E-state index < -0.39 is 0 Å². The first kappa shape index (κ1) is 96.6. The van der Waals surface area contributed by atoms with E-state index in [1.165, 1.54) is 137 Å². The number of aryl methyl sites for hydroxylation is 12. The zero-order chi connectivity index (χ0) is 91.6. The molecule has 14 heteroatoms. The minimum Gasteiger partial charge on any atom is -0.493 e. The summed E-state index contributed by atoms with van der Waals surface area (Å²) in [7, 11) is 4.10. The highest BCUT2D eigenvalue weighted by atomic mass is 32.1. The second kappa shape index (κ2) is 51.7. The van der Waals surface area contributed by atoms with Crippen molar-refractivity contribution in [3.05, 3.63) is 478 Å². The van der Waals surface area contributed by atoms with Crippen molar-refractivity contribution >= 4 is 93.0 Å². The molecule has 0 spiro atoms. The van der Waals surface area contributed by atoms with Crippen LogP contribution >= 0.6 is 22.7 Å². The molecule has 0 aliphatic carbocycles. The van der Waals surface area contributed by atoms with Crippen molar-refractivity contribution in [1.82, 2.24) is 38.4 Å². The molecule has 11 aromatic heterocycles. The number of aromatic amines is 1. The van der Waals surface area contributed by atoms with Crippen LogP contribution in [0.4, 0.5) is 5.69 Å². The summed E-state index contributed by atoms with van der Waals surface area (Å²) in [5, 5.41) is 11.1. The van der Waals surface area contributed by atoms with Gasteiger partial charge in [0.1, 0.15) is 5.75 Å². The summed E-state index contributed by atoms with van der Waals surface area (Å²) in [5.41, 5.74) is 22.6. The van der Waals surface area contributed by atoms with Gasteiger partial charge in [-0.1, -0.05) is 200 Å². The third-order valence-corrected chi connectivity index (χ3v) is 22.8. The number of ether oxygens (including phenoxy) is 2. The van der Waals surface area contributed by atoms with Crippen LogP contribution in [-0.2, 0) is 44.7 Å². The number of aliphatic imine (C=N–C) groups is 1. The predicted octanol–water partition coefficient (Wildman–Crippen LogP) is 30.3. The molecule has 130 heavy (non-hydrogen) atoms. The van der Waals surface area contributed by atoms with Gasteiger partial charge in [0.25, 0.3) is 0 Å². The van der Waals surface area contributed by atoms with Gasteiger partial charge in [0.2, 0.25) is 0 Å². The van der Waals surface area contributed by atoms with E-state index in [1.54, 1.807) is 30.1 Å². The van der Waals surface area contributed by atoms with Gasteiger partial charge in [-0.25, -0.2) is 0 Å². The van der Waals surface area contributed by atoms with Gasteiger partial charge in [0.05, 0.1) is 43.0 Å². The van der Waals surface area contributed by atoms with Crippen LogP contribution in [-0.4, -0.2) is 63.3 Å². The van der Waals surface area contributed by atoms with E-state index in [4.69, 9.17) is 13.9 Å². The molecular formula is C116H123N9O3S2. The molecule has 8 aromatic carbocycles. The number of nitrogens with one attached hydrogen (secondary N) is 1. The summed E-state index contributed by atoms with van der Waals surface area (Å²) in [6.45, 7) is 27.5. The van der Waals surface area contributed by atoms with Crippen LogP contribution in [0.3, 0.4) is 0 Å². The molecule has 0 radical (unpaired) electrons. The lowest BCUT2D eigenvalue weighted by atomic mass is 10.0. The van der Waals surface area contributed by atoms with E-state index in [2.05, 4.69) is 385 Å². The van der Waals surface area contributed by atoms with Gasteiger partial charge < -0.3 is 37.3 Å². The fourth-order valence-electron chi connectivity index (χ4n) is 14.2. The largest absolute Gasteiger partial charge is 0.493 e. The number of furan rings is 1. The van der Waals surface area contributed by atoms with Crippen LogP contribution in [0.15, 0.2) is 416 Å². The Morgan fingerprint density at radius 1 is 0.508 bits per heavy atom. The van der Waals surface area contributed by atoms with Gasteiger partial charge in [-0.15, -0.1) is 22.7 Å². The van der Waals surface area contributed by atoms with E-state index in [0.29, 0.717) is 6.10 Å². The van der Waals surface area contributed by atoms with Crippen molar-refractivity contribution in [3.63, 3.8) is 0 Å².